The molecule has 4 fully saturated rings. The van der Waals surface area contributed by atoms with Gasteiger partial charge in [-0.1, -0.05) is 0 Å². The zero-order valence-corrected chi connectivity index (χ0v) is 14.1. The van der Waals surface area contributed by atoms with Crippen LogP contribution >= 0.6 is 11.6 Å². The molecule has 4 saturated carbocycles. The molecule has 2 atom stereocenters. The molecule has 1 aromatic heterocycles. The van der Waals surface area contributed by atoms with Gasteiger partial charge in [0.15, 0.2) is 0 Å². The first-order chi connectivity index (χ1) is 11.4. The van der Waals surface area contributed by atoms with Gasteiger partial charge in [0, 0.05) is 11.8 Å². The largest absolute Gasteiger partial charge is 0.369 e. The maximum absolute atomic E-state index is 12.8. The molecule has 7 heteroatoms. The number of nitrogens with zero attached hydrogens (tertiary/aromatic N) is 3. The van der Waals surface area contributed by atoms with Gasteiger partial charge in [0.25, 0.3) is 0 Å². The second-order valence-corrected chi connectivity index (χ2v) is 8.56. The molecule has 5 aliphatic rings. The molecular formula is C17H19ClN4O2. The minimum Gasteiger partial charge on any atom is -0.369 e. The number of carbonyl (C=O) groups excluding carboxylic acids is 2. The van der Waals surface area contributed by atoms with E-state index in [4.69, 9.17) is 17.3 Å². The summed E-state index contributed by atoms with van der Waals surface area (Å²) in [4.78, 5) is 35.3. The number of carbonyl (C=O) groups is 2. The van der Waals surface area contributed by atoms with E-state index in [1.807, 2.05) is 4.90 Å². The lowest BCUT2D eigenvalue weighted by atomic mass is 9.46. The number of nitrogens with two attached hydrogens (primary N) is 1. The number of primary amides is 1. The highest BCUT2D eigenvalue weighted by Gasteiger charge is 2.63. The number of amides is 2. The van der Waals surface area contributed by atoms with Gasteiger partial charge in [-0.25, -0.2) is 4.98 Å². The molecule has 4 aliphatic carbocycles. The molecule has 0 aromatic carbocycles. The molecule has 1 aromatic rings. The Balaban J connectivity index is 1.63. The summed E-state index contributed by atoms with van der Waals surface area (Å²) in [7, 11) is 0. The lowest BCUT2D eigenvalue weighted by Crippen LogP contribution is -2.66. The highest BCUT2D eigenvalue weighted by atomic mass is 35.5. The minimum absolute atomic E-state index is 0.0446. The third-order valence-corrected chi connectivity index (χ3v) is 6.82. The molecule has 1 aliphatic heterocycles. The van der Waals surface area contributed by atoms with Gasteiger partial charge in [0.05, 0.1) is 17.4 Å². The van der Waals surface area contributed by atoms with Crippen LogP contribution in [0.2, 0.25) is 5.28 Å². The van der Waals surface area contributed by atoms with E-state index in [1.54, 1.807) is 6.20 Å². The normalized spacial score (nSPS) is 39.4. The first kappa shape index (κ1) is 14.6. The maximum Gasteiger partial charge on any atom is 0.233 e. The Morgan fingerprint density at radius 3 is 2.67 bits per heavy atom. The Hall–Kier alpha value is -1.69. The fourth-order valence-corrected chi connectivity index (χ4v) is 6.44. The van der Waals surface area contributed by atoms with E-state index < -0.39 is 5.41 Å². The molecule has 24 heavy (non-hydrogen) atoms. The summed E-state index contributed by atoms with van der Waals surface area (Å²) in [6.07, 6.45) is 7.39. The van der Waals surface area contributed by atoms with Crippen LogP contribution in [0.4, 0.5) is 5.82 Å². The third kappa shape index (κ3) is 1.78. The Labute approximate surface area is 144 Å². The highest BCUT2D eigenvalue weighted by molar-refractivity contribution is 6.28. The topological polar surface area (TPSA) is 89.2 Å². The van der Waals surface area contributed by atoms with Crippen LogP contribution in [0.3, 0.4) is 0 Å². The van der Waals surface area contributed by atoms with E-state index in [0.29, 0.717) is 30.5 Å². The Bertz CT molecular complexity index is 766. The number of halogens is 1. The average molecular weight is 347 g/mol. The quantitative estimate of drug-likeness (QED) is 0.827. The Kier molecular flexibility index (Phi) is 2.73. The molecule has 2 unspecified atom stereocenters. The van der Waals surface area contributed by atoms with Crippen molar-refractivity contribution < 1.29 is 9.59 Å². The summed E-state index contributed by atoms with van der Waals surface area (Å²) in [6.45, 7) is 0. The van der Waals surface area contributed by atoms with E-state index in [1.165, 1.54) is 0 Å². The van der Waals surface area contributed by atoms with Crippen molar-refractivity contribution in [3.8, 4) is 0 Å². The van der Waals surface area contributed by atoms with Gasteiger partial charge >= 0.3 is 0 Å². The van der Waals surface area contributed by atoms with Crippen LogP contribution in [0.15, 0.2) is 6.20 Å². The second-order valence-electron chi connectivity index (χ2n) is 8.22. The van der Waals surface area contributed by atoms with Crippen molar-refractivity contribution in [3.63, 3.8) is 0 Å². The van der Waals surface area contributed by atoms with Gasteiger partial charge in [0.1, 0.15) is 5.82 Å². The summed E-state index contributed by atoms with van der Waals surface area (Å²) >= 11 is 5.99. The SMILES string of the molecule is NC(=O)C12CC3CC(C1)CC(N1C(=O)Cc4cnc(Cl)nc41)(C3)C2. The molecular weight excluding hydrogens is 328 g/mol. The van der Waals surface area contributed by atoms with Crippen molar-refractivity contribution >= 4 is 29.2 Å². The summed E-state index contributed by atoms with van der Waals surface area (Å²) in [5.41, 5.74) is 5.85. The molecule has 4 bridgehead atoms. The Morgan fingerprint density at radius 2 is 2.00 bits per heavy atom. The summed E-state index contributed by atoms with van der Waals surface area (Å²) in [6, 6.07) is 0. The molecule has 0 spiro atoms. The van der Waals surface area contributed by atoms with Gasteiger partial charge in [-0.15, -0.1) is 0 Å². The lowest BCUT2D eigenvalue weighted by Gasteiger charge is -2.63. The molecule has 6 nitrogen and oxygen atoms in total. The van der Waals surface area contributed by atoms with Crippen molar-refractivity contribution in [1.29, 1.82) is 0 Å². The Morgan fingerprint density at radius 1 is 1.29 bits per heavy atom. The van der Waals surface area contributed by atoms with Crippen molar-refractivity contribution in [2.75, 3.05) is 4.90 Å². The van der Waals surface area contributed by atoms with E-state index >= 15 is 0 Å². The van der Waals surface area contributed by atoms with Gasteiger partial charge in [-0.3, -0.25) is 14.5 Å². The summed E-state index contributed by atoms with van der Waals surface area (Å²) in [5, 5.41) is 0.155. The summed E-state index contributed by atoms with van der Waals surface area (Å²) in [5.74, 6) is 1.42. The van der Waals surface area contributed by atoms with E-state index in [9.17, 15) is 9.59 Å². The van der Waals surface area contributed by atoms with Crippen molar-refractivity contribution in [2.24, 2.45) is 23.0 Å². The van der Waals surface area contributed by atoms with E-state index in [-0.39, 0.29) is 22.6 Å². The number of hydrogen-bond acceptors (Lipinski definition) is 4. The standard InChI is InChI=1S/C17H19ClN4O2/c18-15-20-7-11-2-12(23)22(13(11)21-15)17-5-9-1-10(6-17)4-16(3-9,8-17)14(19)24/h7,9-10H,1-6,8H2,(H2,19,24). The smallest absolute Gasteiger partial charge is 0.233 e. The van der Waals surface area contributed by atoms with Crippen LogP contribution < -0.4 is 10.6 Å². The molecule has 2 N–H and O–H groups in total. The van der Waals surface area contributed by atoms with Crippen LogP contribution in [0.25, 0.3) is 0 Å². The fourth-order valence-electron chi connectivity index (χ4n) is 6.31. The monoisotopic (exact) mass is 346 g/mol. The number of hydrogen-bond donors (Lipinski definition) is 1. The van der Waals surface area contributed by atoms with Crippen molar-refractivity contribution in [1.82, 2.24) is 9.97 Å². The first-order valence-corrected chi connectivity index (χ1v) is 8.93. The van der Waals surface area contributed by atoms with Gasteiger partial charge in [-0.05, 0) is 62.0 Å². The number of fused-ring (bicyclic) bond motifs is 1. The van der Waals surface area contributed by atoms with Crippen LogP contribution in [0, 0.1) is 17.3 Å². The van der Waals surface area contributed by atoms with Crippen LogP contribution in [0.1, 0.15) is 44.1 Å². The third-order valence-electron chi connectivity index (χ3n) is 6.64. The fraction of sp³-hybridized carbons (Fsp3) is 0.647. The zero-order valence-electron chi connectivity index (χ0n) is 13.3. The van der Waals surface area contributed by atoms with E-state index in [0.717, 1.165) is 37.7 Å². The molecule has 6 rings (SSSR count). The molecule has 0 radical (unpaired) electrons. The average Bonchev–Trinajstić information content (AvgIpc) is 2.81. The second kappa shape index (κ2) is 4.48. The predicted molar refractivity (Wildman–Crippen MR) is 87.3 cm³/mol. The summed E-state index contributed by atoms with van der Waals surface area (Å²) < 4.78 is 0. The predicted octanol–water partition coefficient (Wildman–Crippen LogP) is 1.84. The number of anilines is 1. The molecule has 126 valence electrons. The lowest BCUT2D eigenvalue weighted by molar-refractivity contribution is -0.146. The van der Waals surface area contributed by atoms with Crippen LogP contribution in [-0.4, -0.2) is 27.3 Å². The molecule has 2 amide bonds. The van der Waals surface area contributed by atoms with Crippen LogP contribution in [0.5, 0.6) is 0 Å². The van der Waals surface area contributed by atoms with Crippen molar-refractivity contribution in [3.05, 3.63) is 17.0 Å². The first-order valence-electron chi connectivity index (χ1n) is 8.55. The van der Waals surface area contributed by atoms with Crippen molar-refractivity contribution in [2.45, 2.75) is 50.5 Å². The highest BCUT2D eigenvalue weighted by Crippen LogP contribution is 2.64. The van der Waals surface area contributed by atoms with Crippen LogP contribution in [-0.2, 0) is 16.0 Å². The van der Waals surface area contributed by atoms with E-state index in [2.05, 4.69) is 9.97 Å². The van der Waals surface area contributed by atoms with Gasteiger partial charge in [-0.2, -0.15) is 4.98 Å². The molecule has 0 saturated heterocycles. The van der Waals surface area contributed by atoms with Gasteiger partial charge in [0.2, 0.25) is 17.1 Å². The number of aromatic nitrogens is 2. The molecule has 2 heterocycles. The number of rotatable bonds is 2. The zero-order chi connectivity index (χ0) is 16.7. The van der Waals surface area contributed by atoms with Gasteiger partial charge < -0.3 is 5.73 Å². The maximum atomic E-state index is 12.8. The minimum atomic E-state index is -0.454.